The highest BCUT2D eigenvalue weighted by atomic mass is 79.9. The molecule has 0 spiro atoms. The molecule has 0 fully saturated rings. The molecule has 1 aromatic rings. The zero-order chi connectivity index (χ0) is 13.3. The van der Waals surface area contributed by atoms with E-state index in [1.807, 2.05) is 0 Å². The molecule has 1 aliphatic heterocycles. The molecule has 96 valence electrons. The molecule has 0 saturated carbocycles. The van der Waals surface area contributed by atoms with Crippen LogP contribution in [-0.2, 0) is 4.79 Å². The monoisotopic (exact) mass is 314 g/mol. The van der Waals surface area contributed by atoms with Crippen LogP contribution in [0.4, 0.5) is 0 Å². The summed E-state index contributed by atoms with van der Waals surface area (Å²) in [5.41, 5.74) is 0.598. The predicted molar refractivity (Wildman–Crippen MR) is 66.5 cm³/mol. The Bertz CT molecular complexity index is 524. The molecule has 0 unspecified atom stereocenters. The minimum atomic E-state index is -1.49. The predicted octanol–water partition coefficient (Wildman–Crippen LogP) is 2.19. The maximum Gasteiger partial charge on any atom is 0.377 e. The molecule has 5 nitrogen and oxygen atoms in total. The summed E-state index contributed by atoms with van der Waals surface area (Å²) >= 11 is 3.27. The van der Waals surface area contributed by atoms with Crippen molar-refractivity contribution in [2.45, 2.75) is 13.3 Å². The van der Waals surface area contributed by atoms with Gasteiger partial charge in [0.2, 0.25) is 0 Å². The van der Waals surface area contributed by atoms with Crippen LogP contribution in [0.3, 0.4) is 0 Å². The number of hydrogen-bond acceptors (Lipinski definition) is 4. The van der Waals surface area contributed by atoms with Gasteiger partial charge in [0.25, 0.3) is 5.78 Å². The number of Topliss-reactive ketones (excluding diaryl/α,β-unsaturated/α-hetero) is 1. The smallest absolute Gasteiger partial charge is 0.377 e. The number of carbonyl (C=O) groups excluding carboxylic acids is 1. The third-order valence-corrected chi connectivity index (χ3v) is 3.25. The van der Waals surface area contributed by atoms with E-state index in [-0.39, 0.29) is 5.56 Å². The quantitative estimate of drug-likeness (QED) is 0.669. The molecule has 18 heavy (non-hydrogen) atoms. The fourth-order valence-electron chi connectivity index (χ4n) is 1.77. The van der Waals surface area contributed by atoms with Crippen LogP contribution in [0.2, 0.25) is 0 Å². The number of halogens is 1. The molecule has 1 aromatic carbocycles. The van der Waals surface area contributed by atoms with Crippen LogP contribution in [0.15, 0.2) is 10.5 Å². The van der Waals surface area contributed by atoms with Crippen LogP contribution in [0.25, 0.3) is 0 Å². The molecule has 0 amide bonds. The summed E-state index contributed by atoms with van der Waals surface area (Å²) in [4.78, 5) is 22.3. The third-order valence-electron chi connectivity index (χ3n) is 2.66. The van der Waals surface area contributed by atoms with Crippen molar-refractivity contribution < 1.29 is 24.2 Å². The summed E-state index contributed by atoms with van der Waals surface area (Å²) in [7, 11) is 0. The van der Waals surface area contributed by atoms with Crippen molar-refractivity contribution in [1.29, 1.82) is 0 Å². The minimum Gasteiger partial charge on any atom is -0.489 e. The Morgan fingerprint density at radius 3 is 2.50 bits per heavy atom. The highest BCUT2D eigenvalue weighted by Crippen LogP contribution is 2.41. The Morgan fingerprint density at radius 2 is 1.89 bits per heavy atom. The Hall–Kier alpha value is -1.56. The second-order valence-corrected chi connectivity index (χ2v) is 4.73. The largest absolute Gasteiger partial charge is 0.489 e. The SMILES string of the molecule is Cc1c(C(=O)C(=O)O)cc(Br)c2c1OCCCO2. The van der Waals surface area contributed by atoms with Crippen molar-refractivity contribution >= 4 is 27.7 Å². The van der Waals surface area contributed by atoms with Gasteiger partial charge in [-0.3, -0.25) is 4.79 Å². The van der Waals surface area contributed by atoms with Crippen molar-refractivity contribution in [1.82, 2.24) is 0 Å². The van der Waals surface area contributed by atoms with E-state index < -0.39 is 11.8 Å². The van der Waals surface area contributed by atoms with Gasteiger partial charge in [0, 0.05) is 17.5 Å². The van der Waals surface area contributed by atoms with E-state index in [1.54, 1.807) is 6.92 Å². The molecule has 0 aromatic heterocycles. The Balaban J connectivity index is 2.58. The van der Waals surface area contributed by atoms with Gasteiger partial charge < -0.3 is 14.6 Å². The lowest BCUT2D eigenvalue weighted by molar-refractivity contribution is -0.131. The molecule has 0 radical (unpaired) electrons. The molecule has 0 bridgehead atoms. The first kappa shape index (κ1) is 12.9. The first-order valence-corrected chi connectivity index (χ1v) is 6.18. The van der Waals surface area contributed by atoms with Crippen LogP contribution < -0.4 is 9.47 Å². The number of ether oxygens (including phenoxy) is 2. The standard InChI is InChI=1S/C12H11BrO5/c1-6-7(9(14)12(15)16)5-8(13)11-10(6)17-3-2-4-18-11/h5H,2-4H2,1H3,(H,15,16). The Kier molecular flexibility index (Phi) is 3.56. The molecular formula is C12H11BrO5. The molecule has 0 atom stereocenters. The number of rotatable bonds is 2. The second kappa shape index (κ2) is 4.97. The maximum absolute atomic E-state index is 11.6. The summed E-state index contributed by atoms with van der Waals surface area (Å²) in [6, 6.07) is 1.46. The second-order valence-electron chi connectivity index (χ2n) is 3.87. The first-order valence-electron chi connectivity index (χ1n) is 5.38. The minimum absolute atomic E-state index is 0.110. The van der Waals surface area contributed by atoms with Gasteiger partial charge in [0.15, 0.2) is 11.5 Å². The van der Waals surface area contributed by atoms with Crippen LogP contribution in [0, 0.1) is 6.92 Å². The normalized spacial score (nSPS) is 13.9. The van der Waals surface area contributed by atoms with Crippen molar-refractivity contribution in [3.05, 3.63) is 21.7 Å². The molecule has 2 rings (SSSR count). The van der Waals surface area contributed by atoms with E-state index in [0.717, 1.165) is 6.42 Å². The van der Waals surface area contributed by atoms with E-state index in [1.165, 1.54) is 6.07 Å². The molecule has 0 saturated heterocycles. The highest BCUT2D eigenvalue weighted by molar-refractivity contribution is 9.10. The number of aliphatic carboxylic acids is 1. The van der Waals surface area contributed by atoms with Gasteiger partial charge in [-0.25, -0.2) is 4.79 Å². The highest BCUT2D eigenvalue weighted by Gasteiger charge is 2.25. The fourth-order valence-corrected chi connectivity index (χ4v) is 2.29. The zero-order valence-corrected chi connectivity index (χ0v) is 11.2. The van der Waals surface area contributed by atoms with E-state index in [2.05, 4.69) is 15.9 Å². The maximum atomic E-state index is 11.6. The number of ketones is 1. The average molecular weight is 315 g/mol. The van der Waals surface area contributed by atoms with Gasteiger partial charge in [-0.05, 0) is 28.9 Å². The van der Waals surface area contributed by atoms with Gasteiger partial charge in [-0.1, -0.05) is 0 Å². The lowest BCUT2D eigenvalue weighted by Crippen LogP contribution is -2.15. The molecule has 6 heteroatoms. The zero-order valence-electron chi connectivity index (χ0n) is 9.66. The first-order chi connectivity index (χ1) is 8.52. The topological polar surface area (TPSA) is 72.8 Å². The molecule has 1 aliphatic rings. The van der Waals surface area contributed by atoms with E-state index in [4.69, 9.17) is 14.6 Å². The van der Waals surface area contributed by atoms with Crippen molar-refractivity contribution in [3.63, 3.8) is 0 Å². The number of benzene rings is 1. The van der Waals surface area contributed by atoms with Crippen LogP contribution in [-0.4, -0.2) is 30.1 Å². The summed E-state index contributed by atoms with van der Waals surface area (Å²) in [5, 5.41) is 8.77. The van der Waals surface area contributed by atoms with Gasteiger partial charge in [0.1, 0.15) is 0 Å². The summed E-state index contributed by atoms with van der Waals surface area (Å²) < 4.78 is 11.6. The Morgan fingerprint density at radius 1 is 1.28 bits per heavy atom. The van der Waals surface area contributed by atoms with Crippen molar-refractivity contribution in [2.24, 2.45) is 0 Å². The summed E-state index contributed by atoms with van der Waals surface area (Å²) in [5.74, 6) is -1.48. The number of hydrogen-bond donors (Lipinski definition) is 1. The van der Waals surface area contributed by atoms with Crippen LogP contribution in [0.1, 0.15) is 22.3 Å². The van der Waals surface area contributed by atoms with Gasteiger partial charge >= 0.3 is 5.97 Å². The third kappa shape index (κ3) is 2.20. The summed E-state index contributed by atoms with van der Waals surface area (Å²) in [6.07, 6.45) is 0.739. The average Bonchev–Trinajstić information content (AvgIpc) is 2.58. The van der Waals surface area contributed by atoms with E-state index in [0.29, 0.717) is 34.7 Å². The fraction of sp³-hybridized carbons (Fsp3) is 0.333. The number of carboxylic acid groups (broad SMARTS) is 1. The van der Waals surface area contributed by atoms with Gasteiger partial charge in [-0.2, -0.15) is 0 Å². The van der Waals surface area contributed by atoms with Gasteiger partial charge in [-0.15, -0.1) is 0 Å². The molecule has 1 N–H and O–H groups in total. The molecular weight excluding hydrogens is 304 g/mol. The van der Waals surface area contributed by atoms with Crippen LogP contribution >= 0.6 is 15.9 Å². The number of carboxylic acids is 1. The van der Waals surface area contributed by atoms with Crippen molar-refractivity contribution in [3.8, 4) is 11.5 Å². The lowest BCUT2D eigenvalue weighted by atomic mass is 10.0. The number of fused-ring (bicyclic) bond motifs is 1. The molecule has 1 heterocycles. The van der Waals surface area contributed by atoms with Crippen molar-refractivity contribution in [2.75, 3.05) is 13.2 Å². The van der Waals surface area contributed by atoms with E-state index in [9.17, 15) is 9.59 Å². The van der Waals surface area contributed by atoms with E-state index >= 15 is 0 Å². The van der Waals surface area contributed by atoms with Crippen LogP contribution in [0.5, 0.6) is 11.5 Å². The molecule has 0 aliphatic carbocycles. The Labute approximate surface area is 112 Å². The lowest BCUT2D eigenvalue weighted by Gasteiger charge is -2.14. The summed E-state index contributed by atoms with van der Waals surface area (Å²) in [6.45, 7) is 2.65. The van der Waals surface area contributed by atoms with Gasteiger partial charge in [0.05, 0.1) is 17.7 Å². The number of carbonyl (C=O) groups is 2.